The van der Waals surface area contributed by atoms with Gasteiger partial charge in [0.05, 0.1) is 11.6 Å². The molecule has 15 heavy (non-hydrogen) atoms. The van der Waals surface area contributed by atoms with Gasteiger partial charge in [-0.15, -0.1) is 0 Å². The topological polar surface area (TPSA) is 48.8 Å². The minimum absolute atomic E-state index is 0.0727. The fourth-order valence-corrected chi connectivity index (χ4v) is 1.16. The van der Waals surface area contributed by atoms with Crippen LogP contribution in [-0.2, 0) is 0 Å². The monoisotopic (exact) mass is 223 g/mol. The molecule has 0 aromatic heterocycles. The molecule has 0 saturated carbocycles. The van der Waals surface area contributed by atoms with Gasteiger partial charge in [-0.25, -0.2) is 4.39 Å². The summed E-state index contributed by atoms with van der Waals surface area (Å²) in [6.07, 6.45) is 0. The average Bonchev–Trinajstić information content (AvgIpc) is 2.24. The van der Waals surface area contributed by atoms with Crippen molar-refractivity contribution >= 4 is 11.6 Å². The molecule has 5 heteroatoms. The van der Waals surface area contributed by atoms with E-state index in [1.54, 1.807) is 6.92 Å². The third-order valence-electron chi connectivity index (χ3n) is 1.76. The Morgan fingerprint density at radius 3 is 3.00 bits per heavy atom. The Hall–Kier alpha value is -1.69. The first-order chi connectivity index (χ1) is 7.16. The maximum atomic E-state index is 13.0. The summed E-state index contributed by atoms with van der Waals surface area (Å²) < 4.78 is 13.0. The Labute approximate surface area is 91.5 Å². The minimum Gasteiger partial charge on any atom is -0.207 e. The second-order valence-electron chi connectivity index (χ2n) is 2.72. The van der Waals surface area contributed by atoms with Crippen LogP contribution >= 0.6 is 11.6 Å². The van der Waals surface area contributed by atoms with Crippen molar-refractivity contribution in [2.45, 2.75) is 6.92 Å². The predicted octanol–water partition coefficient (Wildman–Crippen LogP) is 3.45. The van der Waals surface area contributed by atoms with Gasteiger partial charge >= 0.3 is 0 Å². The lowest BCUT2D eigenvalue weighted by Crippen LogP contribution is -1.87. The van der Waals surface area contributed by atoms with Crippen LogP contribution in [0, 0.1) is 24.6 Å². The molecular formula is C10H7ClFN3. The Morgan fingerprint density at radius 2 is 2.33 bits per heavy atom. The van der Waals surface area contributed by atoms with Crippen molar-refractivity contribution in [1.82, 2.24) is 0 Å². The largest absolute Gasteiger partial charge is 0.207 e. The maximum Gasteiger partial charge on any atom is 0.127 e. The van der Waals surface area contributed by atoms with Gasteiger partial charge in [0.1, 0.15) is 5.82 Å². The fraction of sp³-hybridized carbons (Fsp3) is 0.200. The smallest absolute Gasteiger partial charge is 0.127 e. The summed E-state index contributed by atoms with van der Waals surface area (Å²) in [5, 5.41) is 3.54. The molecule has 0 radical (unpaired) electrons. The summed E-state index contributed by atoms with van der Waals surface area (Å²) in [5.41, 5.74) is 8.91. The molecule has 0 spiro atoms. The van der Waals surface area contributed by atoms with Crippen molar-refractivity contribution in [2.75, 3.05) is 6.54 Å². The van der Waals surface area contributed by atoms with E-state index in [2.05, 4.69) is 21.9 Å². The number of rotatable bonds is 1. The molecule has 1 aromatic carbocycles. The summed E-state index contributed by atoms with van der Waals surface area (Å²) in [7, 11) is 0. The lowest BCUT2D eigenvalue weighted by molar-refractivity contribution is 0.618. The third kappa shape index (κ3) is 2.88. The minimum atomic E-state index is -0.361. The van der Waals surface area contributed by atoms with E-state index in [1.165, 1.54) is 12.1 Å². The molecule has 0 heterocycles. The second-order valence-corrected chi connectivity index (χ2v) is 3.10. The first-order valence-electron chi connectivity index (χ1n) is 4.11. The van der Waals surface area contributed by atoms with Gasteiger partial charge in [0.15, 0.2) is 0 Å². The molecule has 1 rings (SSSR count). The molecular weight excluding hydrogens is 217 g/mol. The van der Waals surface area contributed by atoms with Crippen LogP contribution < -0.4 is 0 Å². The van der Waals surface area contributed by atoms with E-state index in [9.17, 15) is 4.39 Å². The average molecular weight is 224 g/mol. The standard InChI is InChI=1S/C10H7ClFN3/c1-7-9(12)5-4-8(10(7)11)3-2-6-14-15-13/h4-5H,6H2,1H3. The van der Waals surface area contributed by atoms with E-state index in [-0.39, 0.29) is 12.4 Å². The van der Waals surface area contributed by atoms with Crippen LogP contribution in [0.4, 0.5) is 4.39 Å². The highest BCUT2D eigenvalue weighted by atomic mass is 35.5. The second kappa shape index (κ2) is 5.26. The van der Waals surface area contributed by atoms with Gasteiger partial charge in [0, 0.05) is 16.0 Å². The molecule has 0 fully saturated rings. The van der Waals surface area contributed by atoms with Crippen LogP contribution in [0.25, 0.3) is 10.4 Å². The van der Waals surface area contributed by atoms with Crippen molar-refractivity contribution in [2.24, 2.45) is 5.11 Å². The highest BCUT2D eigenvalue weighted by Crippen LogP contribution is 2.22. The fourth-order valence-electron chi connectivity index (χ4n) is 0.960. The zero-order chi connectivity index (χ0) is 11.3. The normalized spacial score (nSPS) is 8.73. The Kier molecular flexibility index (Phi) is 3.99. The molecule has 0 unspecified atom stereocenters. The van der Waals surface area contributed by atoms with E-state index in [0.717, 1.165) is 0 Å². The maximum absolute atomic E-state index is 13.0. The third-order valence-corrected chi connectivity index (χ3v) is 2.24. The van der Waals surface area contributed by atoms with Gasteiger partial charge < -0.3 is 0 Å². The molecule has 0 aliphatic heterocycles. The number of azide groups is 1. The van der Waals surface area contributed by atoms with Gasteiger partial charge in [-0.05, 0) is 24.6 Å². The van der Waals surface area contributed by atoms with E-state index in [4.69, 9.17) is 17.1 Å². The van der Waals surface area contributed by atoms with Crippen LogP contribution in [0.2, 0.25) is 5.02 Å². The number of hydrogen-bond acceptors (Lipinski definition) is 1. The van der Waals surface area contributed by atoms with Crippen LogP contribution in [0.3, 0.4) is 0 Å². The van der Waals surface area contributed by atoms with Crippen LogP contribution in [0.15, 0.2) is 17.2 Å². The number of halogens is 2. The number of benzene rings is 1. The summed E-state index contributed by atoms with van der Waals surface area (Å²) in [5.74, 6) is 4.95. The number of nitrogens with zero attached hydrogens (tertiary/aromatic N) is 3. The molecule has 3 nitrogen and oxygen atoms in total. The summed E-state index contributed by atoms with van der Waals surface area (Å²) >= 11 is 5.87. The zero-order valence-corrected chi connectivity index (χ0v) is 8.72. The van der Waals surface area contributed by atoms with Crippen molar-refractivity contribution in [3.8, 4) is 11.8 Å². The molecule has 1 aromatic rings. The SMILES string of the molecule is Cc1c(F)ccc(C#CCN=[N+]=[N-])c1Cl. The Balaban J connectivity index is 2.99. The van der Waals surface area contributed by atoms with Crippen LogP contribution in [0.5, 0.6) is 0 Å². The summed E-state index contributed by atoms with van der Waals surface area (Å²) in [6, 6.07) is 2.80. The predicted molar refractivity (Wildman–Crippen MR) is 57.0 cm³/mol. The van der Waals surface area contributed by atoms with Crippen molar-refractivity contribution < 1.29 is 4.39 Å². The molecule has 0 amide bonds. The lowest BCUT2D eigenvalue weighted by atomic mass is 10.1. The molecule has 0 atom stereocenters. The quantitative estimate of drug-likeness (QED) is 0.303. The highest BCUT2D eigenvalue weighted by Gasteiger charge is 2.05. The van der Waals surface area contributed by atoms with Gasteiger partial charge in [-0.3, -0.25) is 0 Å². The number of hydrogen-bond donors (Lipinski definition) is 0. The summed E-state index contributed by atoms with van der Waals surface area (Å²) in [4.78, 5) is 2.55. The van der Waals surface area contributed by atoms with E-state index >= 15 is 0 Å². The Morgan fingerprint density at radius 1 is 1.60 bits per heavy atom. The van der Waals surface area contributed by atoms with Crippen molar-refractivity contribution in [3.05, 3.63) is 44.5 Å². The lowest BCUT2D eigenvalue weighted by Gasteiger charge is -2.01. The molecule has 0 N–H and O–H groups in total. The first kappa shape index (κ1) is 11.4. The molecule has 76 valence electrons. The summed E-state index contributed by atoms with van der Waals surface area (Å²) in [6.45, 7) is 1.65. The van der Waals surface area contributed by atoms with Crippen LogP contribution in [-0.4, -0.2) is 6.54 Å². The van der Waals surface area contributed by atoms with Gasteiger partial charge in [-0.1, -0.05) is 28.6 Å². The molecule has 0 aliphatic rings. The van der Waals surface area contributed by atoms with Crippen molar-refractivity contribution in [3.63, 3.8) is 0 Å². The van der Waals surface area contributed by atoms with E-state index in [0.29, 0.717) is 16.1 Å². The van der Waals surface area contributed by atoms with E-state index in [1.807, 2.05) is 0 Å². The molecule has 0 aliphatic carbocycles. The molecule has 0 bridgehead atoms. The van der Waals surface area contributed by atoms with Gasteiger partial charge in [0.25, 0.3) is 0 Å². The van der Waals surface area contributed by atoms with E-state index < -0.39 is 0 Å². The highest BCUT2D eigenvalue weighted by molar-refractivity contribution is 6.32. The van der Waals surface area contributed by atoms with Gasteiger partial charge in [0.2, 0.25) is 0 Å². The van der Waals surface area contributed by atoms with Crippen LogP contribution in [0.1, 0.15) is 11.1 Å². The van der Waals surface area contributed by atoms with Crippen molar-refractivity contribution in [1.29, 1.82) is 0 Å². The Bertz CT molecular complexity index is 481. The first-order valence-corrected chi connectivity index (χ1v) is 4.49. The van der Waals surface area contributed by atoms with Gasteiger partial charge in [-0.2, -0.15) is 0 Å². The molecule has 0 saturated heterocycles. The zero-order valence-electron chi connectivity index (χ0n) is 7.96.